The third kappa shape index (κ3) is 3.02. The summed E-state index contributed by atoms with van der Waals surface area (Å²) in [5.74, 6) is -0.132. The first-order valence-corrected chi connectivity index (χ1v) is 6.90. The zero-order valence-electron chi connectivity index (χ0n) is 11.3. The fourth-order valence-electron chi connectivity index (χ4n) is 2.51. The minimum atomic E-state index is -0.602. The van der Waals surface area contributed by atoms with Crippen LogP contribution < -0.4 is 5.32 Å². The van der Waals surface area contributed by atoms with Crippen molar-refractivity contribution in [2.24, 2.45) is 5.92 Å². The fraction of sp³-hybridized carbons (Fsp3) is 0.250. The van der Waals surface area contributed by atoms with Crippen LogP contribution in [0.4, 0.5) is 15.8 Å². The van der Waals surface area contributed by atoms with Crippen LogP contribution in [0.5, 0.6) is 0 Å². The van der Waals surface area contributed by atoms with Crippen LogP contribution in [-0.2, 0) is 0 Å². The summed E-state index contributed by atoms with van der Waals surface area (Å²) in [4.78, 5) is 10.5. The lowest BCUT2D eigenvalue weighted by molar-refractivity contribution is -0.384. The van der Waals surface area contributed by atoms with Crippen LogP contribution in [0.2, 0.25) is 0 Å². The van der Waals surface area contributed by atoms with Gasteiger partial charge < -0.3 is 5.32 Å². The van der Waals surface area contributed by atoms with Crippen molar-refractivity contribution in [3.8, 4) is 0 Å². The molecule has 0 bridgehead atoms. The highest BCUT2D eigenvalue weighted by Crippen LogP contribution is 2.43. The van der Waals surface area contributed by atoms with E-state index in [1.165, 1.54) is 12.1 Å². The lowest BCUT2D eigenvalue weighted by atomic mass is 10.0. The molecule has 1 fully saturated rings. The normalized spacial score (nSPS) is 15.5. The average molecular weight is 286 g/mol. The molecule has 2 aromatic rings. The van der Waals surface area contributed by atoms with Crippen LogP contribution >= 0.6 is 0 Å². The van der Waals surface area contributed by atoms with Gasteiger partial charge >= 0.3 is 0 Å². The molecule has 4 nitrogen and oxygen atoms in total. The van der Waals surface area contributed by atoms with Gasteiger partial charge in [0, 0.05) is 0 Å². The van der Waals surface area contributed by atoms with Crippen molar-refractivity contribution in [2.45, 2.75) is 18.9 Å². The molecule has 0 saturated heterocycles. The largest absolute Gasteiger partial charge is 0.372 e. The predicted octanol–water partition coefficient (Wildman–Crippen LogP) is 4.30. The molecule has 1 N–H and O–H groups in total. The maximum absolute atomic E-state index is 13.2. The quantitative estimate of drug-likeness (QED) is 0.658. The summed E-state index contributed by atoms with van der Waals surface area (Å²) in [7, 11) is 0. The molecule has 0 aliphatic heterocycles. The minimum Gasteiger partial charge on any atom is -0.372 e. The van der Waals surface area contributed by atoms with Crippen molar-refractivity contribution in [3.63, 3.8) is 0 Å². The van der Waals surface area contributed by atoms with E-state index in [1.807, 2.05) is 30.3 Å². The number of hydrogen-bond donors (Lipinski definition) is 1. The van der Waals surface area contributed by atoms with Crippen LogP contribution in [0.25, 0.3) is 0 Å². The number of anilines is 1. The van der Waals surface area contributed by atoms with Crippen molar-refractivity contribution in [2.75, 3.05) is 5.32 Å². The molecule has 108 valence electrons. The van der Waals surface area contributed by atoms with Crippen LogP contribution in [0, 0.1) is 21.8 Å². The first kappa shape index (κ1) is 13.5. The molecule has 1 atom stereocenters. The Labute approximate surface area is 121 Å². The van der Waals surface area contributed by atoms with Gasteiger partial charge in [-0.2, -0.15) is 0 Å². The van der Waals surface area contributed by atoms with E-state index in [-0.39, 0.29) is 11.7 Å². The van der Waals surface area contributed by atoms with E-state index in [0.717, 1.165) is 24.5 Å². The molecule has 0 amide bonds. The molecule has 1 aliphatic carbocycles. The third-order valence-corrected chi connectivity index (χ3v) is 3.72. The highest BCUT2D eigenvalue weighted by Gasteiger charge is 2.33. The summed E-state index contributed by atoms with van der Waals surface area (Å²) in [6.07, 6.45) is 2.20. The van der Waals surface area contributed by atoms with E-state index in [4.69, 9.17) is 0 Å². The van der Waals surface area contributed by atoms with Gasteiger partial charge in [-0.05, 0) is 36.5 Å². The van der Waals surface area contributed by atoms with Crippen molar-refractivity contribution in [3.05, 3.63) is 70.0 Å². The van der Waals surface area contributed by atoms with E-state index >= 15 is 0 Å². The second-order valence-corrected chi connectivity index (χ2v) is 5.29. The number of rotatable bonds is 5. The molecule has 0 heterocycles. The maximum Gasteiger partial charge on any atom is 0.295 e. The number of nitro groups is 1. The summed E-state index contributed by atoms with van der Waals surface area (Å²) in [5.41, 5.74) is 1.23. The Kier molecular flexibility index (Phi) is 3.56. The van der Waals surface area contributed by atoms with Gasteiger partial charge in [0.25, 0.3) is 5.69 Å². The predicted molar refractivity (Wildman–Crippen MR) is 78.6 cm³/mol. The van der Waals surface area contributed by atoms with E-state index < -0.39 is 10.7 Å². The molecular formula is C16H15FN2O2. The highest BCUT2D eigenvalue weighted by atomic mass is 19.1. The maximum atomic E-state index is 13.2. The Morgan fingerprint density at radius 3 is 2.52 bits per heavy atom. The molecule has 1 aliphatic rings. The van der Waals surface area contributed by atoms with Gasteiger partial charge in [0.05, 0.1) is 17.0 Å². The van der Waals surface area contributed by atoms with Crippen molar-refractivity contribution in [1.29, 1.82) is 0 Å². The smallest absolute Gasteiger partial charge is 0.295 e. The topological polar surface area (TPSA) is 55.2 Å². The second-order valence-electron chi connectivity index (χ2n) is 5.29. The van der Waals surface area contributed by atoms with Gasteiger partial charge in [-0.25, -0.2) is 4.39 Å². The van der Waals surface area contributed by atoms with E-state index in [2.05, 4.69) is 5.32 Å². The monoisotopic (exact) mass is 286 g/mol. The fourth-order valence-corrected chi connectivity index (χ4v) is 2.51. The lowest BCUT2D eigenvalue weighted by Crippen LogP contribution is -2.14. The van der Waals surface area contributed by atoms with E-state index in [9.17, 15) is 14.5 Å². The first-order chi connectivity index (χ1) is 10.1. The number of benzene rings is 2. The number of hydrogen-bond acceptors (Lipinski definition) is 3. The third-order valence-electron chi connectivity index (χ3n) is 3.72. The van der Waals surface area contributed by atoms with Gasteiger partial charge in [0.2, 0.25) is 0 Å². The lowest BCUT2D eigenvalue weighted by Gasteiger charge is -2.20. The highest BCUT2D eigenvalue weighted by molar-refractivity contribution is 5.62. The van der Waals surface area contributed by atoms with Crippen molar-refractivity contribution in [1.82, 2.24) is 0 Å². The van der Waals surface area contributed by atoms with Crippen molar-refractivity contribution < 1.29 is 9.31 Å². The SMILES string of the molecule is O=[N+]([O-])c1cc(F)ccc1NC(c1ccccc1)C1CC1. The molecular weight excluding hydrogens is 271 g/mol. The molecule has 1 saturated carbocycles. The summed E-state index contributed by atoms with van der Waals surface area (Å²) >= 11 is 0. The number of nitrogens with zero attached hydrogens (tertiary/aromatic N) is 1. The Balaban J connectivity index is 1.92. The van der Waals surface area contributed by atoms with Crippen LogP contribution in [0.3, 0.4) is 0 Å². The second kappa shape index (κ2) is 5.52. The Bertz CT molecular complexity index is 657. The molecule has 0 spiro atoms. The number of nitrogens with one attached hydrogen (secondary N) is 1. The summed E-state index contributed by atoms with van der Waals surface area (Å²) in [5, 5.41) is 14.3. The molecule has 5 heteroatoms. The Morgan fingerprint density at radius 2 is 1.90 bits per heavy atom. The van der Waals surface area contributed by atoms with Gasteiger partial charge in [-0.1, -0.05) is 30.3 Å². The van der Waals surface area contributed by atoms with Gasteiger partial charge in [0.15, 0.2) is 0 Å². The summed E-state index contributed by atoms with van der Waals surface area (Å²) < 4.78 is 13.2. The molecule has 0 radical (unpaired) electrons. The van der Waals surface area contributed by atoms with E-state index in [1.54, 1.807) is 0 Å². The van der Waals surface area contributed by atoms with Crippen LogP contribution in [-0.4, -0.2) is 4.92 Å². The molecule has 2 aromatic carbocycles. The molecule has 21 heavy (non-hydrogen) atoms. The van der Waals surface area contributed by atoms with Crippen molar-refractivity contribution >= 4 is 11.4 Å². The van der Waals surface area contributed by atoms with Gasteiger partial charge in [0.1, 0.15) is 11.5 Å². The standard InChI is InChI=1S/C16H15FN2O2/c17-13-8-9-14(15(10-13)19(20)21)18-16(12-6-7-12)11-4-2-1-3-5-11/h1-5,8-10,12,16,18H,6-7H2. The van der Waals surface area contributed by atoms with Gasteiger partial charge in [-0.15, -0.1) is 0 Å². The summed E-state index contributed by atoms with van der Waals surface area (Å²) in [6.45, 7) is 0. The zero-order valence-corrected chi connectivity index (χ0v) is 11.3. The Hall–Kier alpha value is -2.43. The van der Waals surface area contributed by atoms with Crippen LogP contribution in [0.1, 0.15) is 24.4 Å². The molecule has 3 rings (SSSR count). The zero-order chi connectivity index (χ0) is 14.8. The average Bonchev–Trinajstić information content (AvgIpc) is 3.31. The number of nitro benzene ring substituents is 1. The van der Waals surface area contributed by atoms with Gasteiger partial charge in [-0.3, -0.25) is 10.1 Å². The molecule has 1 unspecified atom stereocenters. The Morgan fingerprint density at radius 1 is 1.19 bits per heavy atom. The first-order valence-electron chi connectivity index (χ1n) is 6.90. The molecule has 0 aromatic heterocycles. The van der Waals surface area contributed by atoms with Crippen LogP contribution in [0.15, 0.2) is 48.5 Å². The summed E-state index contributed by atoms with van der Waals surface area (Å²) in [6, 6.07) is 13.5. The minimum absolute atomic E-state index is 0.0235. The number of halogens is 1. The van der Waals surface area contributed by atoms with E-state index in [0.29, 0.717) is 11.6 Å².